The summed E-state index contributed by atoms with van der Waals surface area (Å²) in [5.41, 5.74) is 4.54. The first-order chi connectivity index (χ1) is 3.77. The zero-order valence-electron chi connectivity index (χ0n) is 4.51. The van der Waals surface area contributed by atoms with Gasteiger partial charge in [-0.2, -0.15) is 0 Å². The summed E-state index contributed by atoms with van der Waals surface area (Å²) in [6, 6.07) is 0. The van der Waals surface area contributed by atoms with Gasteiger partial charge in [0.05, 0.1) is 6.61 Å². The van der Waals surface area contributed by atoms with Crippen molar-refractivity contribution < 1.29 is 33.3 Å². The van der Waals surface area contributed by atoms with Crippen LogP contribution in [0.25, 0.3) is 0 Å². The van der Waals surface area contributed by atoms with Gasteiger partial charge in [-0.15, -0.1) is 0 Å². The molecule has 0 unspecified atom stereocenters. The second-order valence-corrected chi connectivity index (χ2v) is 0.752. The van der Waals surface area contributed by atoms with Crippen LogP contribution in [0.3, 0.4) is 0 Å². The Balaban J connectivity index is 0. The zero-order chi connectivity index (χ0) is 6.99. The second kappa shape index (κ2) is 9.92. The molecule has 0 aromatic carbocycles. The Kier molecular flexibility index (Phi) is 13.3. The molecule has 0 aliphatic carbocycles. The van der Waals surface area contributed by atoms with E-state index in [9.17, 15) is 4.79 Å². The molecule has 0 rings (SSSR count). The molecule has 0 aliphatic heterocycles. The fraction of sp³-hybridized carbons (Fsp3) is 0.667. The van der Waals surface area contributed by atoms with E-state index in [1.54, 1.807) is 6.92 Å². The van der Waals surface area contributed by atoms with E-state index < -0.39 is 6.09 Å². The molecule has 4 nitrogen and oxygen atoms in total. The van der Waals surface area contributed by atoms with E-state index in [0.717, 1.165) is 20.4 Å². The van der Waals surface area contributed by atoms with Crippen LogP contribution in [0.1, 0.15) is 6.92 Å². The van der Waals surface area contributed by atoms with Gasteiger partial charge < -0.3 is 10.5 Å². The fourth-order valence-corrected chi connectivity index (χ4v) is 0.142. The minimum atomic E-state index is -0.711. The monoisotopic (exact) mass is 153 g/mol. The summed E-state index contributed by atoms with van der Waals surface area (Å²) in [6.07, 6.45) is -0.711. The Labute approximate surface area is 59.1 Å². The predicted molar refractivity (Wildman–Crippen MR) is 21.9 cm³/mol. The molecule has 0 aromatic heterocycles. The van der Waals surface area contributed by atoms with Gasteiger partial charge in [-0.05, 0) is 6.92 Å². The Morgan fingerprint density at radius 2 is 2.12 bits per heavy atom. The molecular weight excluding hydrogens is 146 g/mol. The normalized spacial score (nSPS) is 6.00. The van der Waals surface area contributed by atoms with Crippen molar-refractivity contribution in [3.05, 3.63) is 0 Å². The van der Waals surface area contributed by atoms with Crippen LogP contribution < -0.4 is 5.73 Å². The molecule has 46 valence electrons. The van der Waals surface area contributed by atoms with Crippen molar-refractivity contribution >= 4 is 6.09 Å². The van der Waals surface area contributed by atoms with Crippen LogP contribution >= 0.6 is 0 Å². The van der Waals surface area contributed by atoms with Crippen molar-refractivity contribution in [2.75, 3.05) is 6.61 Å². The molecule has 1 amide bonds. The molecule has 8 heavy (non-hydrogen) atoms. The second-order valence-electron chi connectivity index (χ2n) is 0.752. The van der Waals surface area contributed by atoms with Crippen molar-refractivity contribution in [2.45, 2.75) is 6.92 Å². The zero-order valence-corrected chi connectivity index (χ0v) is 6.07. The van der Waals surface area contributed by atoms with E-state index in [1.807, 2.05) is 0 Å². The van der Waals surface area contributed by atoms with E-state index in [2.05, 4.69) is 10.5 Å². The van der Waals surface area contributed by atoms with Crippen molar-refractivity contribution in [3.8, 4) is 0 Å². The van der Waals surface area contributed by atoms with Crippen LogP contribution in [0.15, 0.2) is 0 Å². The van der Waals surface area contributed by atoms with Crippen LogP contribution in [0, 0.1) is 0 Å². The van der Waals surface area contributed by atoms with Gasteiger partial charge in [-0.1, -0.05) is 0 Å². The average Bonchev–Trinajstić information content (AvgIpc) is 1.72. The van der Waals surface area contributed by atoms with Gasteiger partial charge >= 0.3 is 29.8 Å². The Bertz CT molecular complexity index is 67.5. The van der Waals surface area contributed by atoms with Crippen molar-refractivity contribution in [1.29, 1.82) is 0 Å². The Morgan fingerprint density at radius 3 is 2.12 bits per heavy atom. The number of amides is 1. The van der Waals surface area contributed by atoms with E-state index in [0.29, 0.717) is 6.61 Å². The maximum atomic E-state index is 9.60. The molecule has 0 atom stereocenters. The molecule has 0 aliphatic rings. The summed E-state index contributed by atoms with van der Waals surface area (Å²) in [4.78, 5) is 9.60. The summed E-state index contributed by atoms with van der Waals surface area (Å²) in [7, 11) is 0. The molecule has 0 saturated heterocycles. The molecule has 0 aromatic rings. The van der Waals surface area contributed by atoms with Crippen LogP contribution in [0.5, 0.6) is 0 Å². The van der Waals surface area contributed by atoms with Gasteiger partial charge in [-0.25, -0.2) is 4.79 Å². The number of hydrogen-bond acceptors (Lipinski definition) is 3. The standard InChI is InChI=1S/C3H7NO2.O.Ti/c1-2-6-3(4)5;;/h2H2,1H3,(H2,4,5);;. The minimum absolute atomic E-state index is 0.356. The summed E-state index contributed by atoms with van der Waals surface area (Å²) >= 11 is 0.750. The Morgan fingerprint density at radius 1 is 1.75 bits per heavy atom. The van der Waals surface area contributed by atoms with E-state index in [1.165, 1.54) is 0 Å². The summed E-state index contributed by atoms with van der Waals surface area (Å²) in [6.45, 7) is 2.06. The molecule has 2 N–H and O–H groups in total. The van der Waals surface area contributed by atoms with Gasteiger partial charge in [0.25, 0.3) is 0 Å². The molecule has 0 spiro atoms. The first kappa shape index (κ1) is 10.7. The van der Waals surface area contributed by atoms with Gasteiger partial charge in [-0.3, -0.25) is 0 Å². The number of ether oxygens (including phenoxy) is 1. The van der Waals surface area contributed by atoms with Crippen LogP contribution in [-0.2, 0) is 28.5 Å². The molecule has 0 heterocycles. The predicted octanol–water partition coefficient (Wildman–Crippen LogP) is -0.0197. The van der Waals surface area contributed by atoms with Crippen molar-refractivity contribution in [2.24, 2.45) is 5.73 Å². The summed E-state index contributed by atoms with van der Waals surface area (Å²) in [5, 5.41) is 0. The third-order valence-electron chi connectivity index (χ3n) is 0.287. The first-order valence-corrected chi connectivity index (χ1v) is 2.53. The maximum absolute atomic E-state index is 9.60. The Hall–Kier alpha value is -0.216. The molecule has 0 fully saturated rings. The topological polar surface area (TPSA) is 69.4 Å². The number of nitrogens with two attached hydrogens (primary N) is 1. The molecular formula is C3H7NO3Ti. The van der Waals surface area contributed by atoms with E-state index in [4.69, 9.17) is 3.32 Å². The van der Waals surface area contributed by atoms with Crippen LogP contribution in [-0.4, -0.2) is 12.7 Å². The average molecular weight is 153 g/mol. The number of hydrogen-bond donors (Lipinski definition) is 1. The summed E-state index contributed by atoms with van der Waals surface area (Å²) in [5.74, 6) is 0. The van der Waals surface area contributed by atoms with Crippen molar-refractivity contribution in [1.82, 2.24) is 0 Å². The van der Waals surface area contributed by atoms with Gasteiger partial charge in [0.1, 0.15) is 0 Å². The quantitative estimate of drug-likeness (QED) is 0.538. The molecule has 0 radical (unpaired) electrons. The molecule has 0 bridgehead atoms. The molecule has 0 saturated carbocycles. The van der Waals surface area contributed by atoms with E-state index in [-0.39, 0.29) is 0 Å². The third kappa shape index (κ3) is 17.1. The van der Waals surface area contributed by atoms with Gasteiger partial charge in [0, 0.05) is 0 Å². The van der Waals surface area contributed by atoms with Gasteiger partial charge in [0.2, 0.25) is 0 Å². The number of rotatable bonds is 1. The number of primary amides is 1. The van der Waals surface area contributed by atoms with Crippen LogP contribution in [0.4, 0.5) is 4.79 Å². The molecule has 5 heteroatoms. The fourth-order valence-electron chi connectivity index (χ4n) is 0.142. The third-order valence-corrected chi connectivity index (χ3v) is 0.287. The number of carbonyl (C=O) groups is 1. The van der Waals surface area contributed by atoms with Gasteiger partial charge in [0.15, 0.2) is 0 Å². The van der Waals surface area contributed by atoms with Crippen molar-refractivity contribution in [3.63, 3.8) is 0 Å². The SMILES string of the molecule is CCOC(N)=O.[O]=[Ti]. The first-order valence-electron chi connectivity index (χ1n) is 1.90. The van der Waals surface area contributed by atoms with Crippen LogP contribution in [0.2, 0.25) is 0 Å². The van der Waals surface area contributed by atoms with E-state index >= 15 is 0 Å². The number of carbonyl (C=O) groups excluding carboxylic acids is 1. The summed E-state index contributed by atoms with van der Waals surface area (Å²) < 4.78 is 12.4.